The monoisotopic (exact) mass is 445 g/mol. The Hall–Kier alpha value is -2.63. The van der Waals surface area contributed by atoms with Crippen LogP contribution in [0.4, 0.5) is 0 Å². The first-order valence-electron chi connectivity index (χ1n) is 9.46. The van der Waals surface area contributed by atoms with Crippen molar-refractivity contribution in [1.29, 1.82) is 0 Å². The van der Waals surface area contributed by atoms with E-state index >= 15 is 0 Å². The van der Waals surface area contributed by atoms with Gasteiger partial charge in [0.05, 0.1) is 6.61 Å². The van der Waals surface area contributed by atoms with E-state index in [9.17, 15) is 14.4 Å². The Kier molecular flexibility index (Phi) is 11.4. The molecule has 1 unspecified atom stereocenters. The van der Waals surface area contributed by atoms with Crippen LogP contribution >= 0.6 is 0 Å². The fourth-order valence-corrected chi connectivity index (χ4v) is 2.66. The molecule has 0 bridgehead atoms. The second-order valence-electron chi connectivity index (χ2n) is 6.29. The molecule has 0 aromatic carbocycles. The van der Waals surface area contributed by atoms with Gasteiger partial charge in [-0.1, -0.05) is 24.3 Å². The summed E-state index contributed by atoms with van der Waals surface area (Å²) in [6.45, 7) is 2.76. The van der Waals surface area contributed by atoms with Crippen LogP contribution in [0.2, 0.25) is 0 Å². The molecular weight excluding hydrogens is 420 g/mol. The molecule has 159 valence electrons. The largest absolute Gasteiger partial charge is 0.464 e. The smallest absolute Gasteiger partial charge is 0.328 e. The summed E-state index contributed by atoms with van der Waals surface area (Å²) in [6, 6.07) is -0.508. The molecule has 2 aliphatic carbocycles. The standard InChI is InChI=1S/C22H26N2O4.Cu/c1-2-28-22(27)19(24-16-18-10-4-6-13-21(18)26)11-7-8-14-23-15-17-9-3-5-12-20(17)25;/h3-6,9-10,12-13,15-16,19,23-24H,2,7-8,11,14H2,1H3;/b17-15-,18-16-;. The van der Waals surface area contributed by atoms with Crippen molar-refractivity contribution in [3.05, 3.63) is 72.2 Å². The minimum atomic E-state index is -0.508. The number of hydrogen-bond acceptors (Lipinski definition) is 6. The molecule has 0 saturated heterocycles. The quantitative estimate of drug-likeness (QED) is 0.232. The summed E-state index contributed by atoms with van der Waals surface area (Å²) in [7, 11) is 0. The summed E-state index contributed by atoms with van der Waals surface area (Å²) in [5, 5.41) is 6.14. The third kappa shape index (κ3) is 8.50. The number of hydrogen-bond donors (Lipinski definition) is 2. The van der Waals surface area contributed by atoms with Gasteiger partial charge in [0, 0.05) is 47.2 Å². The number of unbranched alkanes of at least 4 members (excludes halogenated alkanes) is 1. The predicted molar refractivity (Wildman–Crippen MR) is 108 cm³/mol. The molecule has 1 radical (unpaired) electrons. The van der Waals surface area contributed by atoms with E-state index in [-0.39, 0.29) is 34.6 Å². The van der Waals surface area contributed by atoms with Crippen molar-refractivity contribution in [2.24, 2.45) is 0 Å². The van der Waals surface area contributed by atoms with Gasteiger partial charge in [-0.25, -0.2) is 4.79 Å². The Balaban J connectivity index is 0.00000420. The maximum atomic E-state index is 12.2. The van der Waals surface area contributed by atoms with Crippen LogP contribution in [-0.4, -0.2) is 36.7 Å². The van der Waals surface area contributed by atoms with Gasteiger partial charge in [0.2, 0.25) is 0 Å². The number of ether oxygens (including phenoxy) is 1. The van der Waals surface area contributed by atoms with Crippen molar-refractivity contribution in [2.45, 2.75) is 32.2 Å². The summed E-state index contributed by atoms with van der Waals surface area (Å²) >= 11 is 0. The van der Waals surface area contributed by atoms with Gasteiger partial charge in [0.25, 0.3) is 0 Å². The van der Waals surface area contributed by atoms with E-state index < -0.39 is 6.04 Å². The number of esters is 1. The van der Waals surface area contributed by atoms with Crippen LogP contribution in [0.1, 0.15) is 26.2 Å². The van der Waals surface area contributed by atoms with Crippen LogP contribution in [0, 0.1) is 0 Å². The average molecular weight is 446 g/mol. The number of ketones is 2. The number of carbonyl (C=O) groups is 3. The molecule has 0 fully saturated rings. The van der Waals surface area contributed by atoms with Gasteiger partial charge >= 0.3 is 5.97 Å². The fraction of sp³-hybridized carbons (Fsp3) is 0.318. The van der Waals surface area contributed by atoms with Gasteiger partial charge in [0.15, 0.2) is 11.6 Å². The molecule has 0 aromatic heterocycles. The molecule has 0 saturated carbocycles. The van der Waals surface area contributed by atoms with Gasteiger partial charge in [0.1, 0.15) is 6.04 Å². The maximum absolute atomic E-state index is 12.2. The van der Waals surface area contributed by atoms with E-state index in [0.717, 1.165) is 12.8 Å². The second-order valence-corrected chi connectivity index (χ2v) is 6.29. The molecule has 1 atom stereocenters. The first-order valence-corrected chi connectivity index (χ1v) is 9.46. The van der Waals surface area contributed by atoms with E-state index in [2.05, 4.69) is 10.6 Å². The zero-order chi connectivity index (χ0) is 20.2. The molecule has 0 spiro atoms. The molecule has 2 rings (SSSR count). The third-order valence-corrected chi connectivity index (χ3v) is 4.17. The van der Waals surface area contributed by atoms with Crippen molar-refractivity contribution in [2.75, 3.05) is 13.2 Å². The van der Waals surface area contributed by atoms with E-state index in [1.165, 1.54) is 12.2 Å². The minimum Gasteiger partial charge on any atom is -0.464 e. The van der Waals surface area contributed by atoms with Crippen molar-refractivity contribution >= 4 is 17.5 Å². The van der Waals surface area contributed by atoms with Crippen LogP contribution in [-0.2, 0) is 36.2 Å². The van der Waals surface area contributed by atoms with Gasteiger partial charge in [-0.15, -0.1) is 0 Å². The number of nitrogens with one attached hydrogen (secondary N) is 2. The summed E-state index contributed by atoms with van der Waals surface area (Å²) in [5.41, 5.74) is 1.13. The first kappa shape index (κ1) is 24.4. The van der Waals surface area contributed by atoms with Gasteiger partial charge in [-0.3, -0.25) is 9.59 Å². The Labute approximate surface area is 182 Å². The molecular formula is C22H26CuN2O4. The van der Waals surface area contributed by atoms with Crippen LogP contribution < -0.4 is 10.6 Å². The summed E-state index contributed by atoms with van der Waals surface area (Å²) < 4.78 is 5.12. The second kappa shape index (κ2) is 13.5. The van der Waals surface area contributed by atoms with Crippen LogP contribution in [0.15, 0.2) is 72.2 Å². The maximum Gasteiger partial charge on any atom is 0.328 e. The summed E-state index contributed by atoms with van der Waals surface area (Å²) in [4.78, 5) is 35.6. The van der Waals surface area contributed by atoms with Crippen molar-refractivity contribution in [3.8, 4) is 0 Å². The Morgan fingerprint density at radius 2 is 1.55 bits per heavy atom. The normalized spacial score (nSPS) is 18.7. The Morgan fingerprint density at radius 3 is 2.14 bits per heavy atom. The molecule has 0 aromatic rings. The Bertz CT molecular complexity index is 776. The van der Waals surface area contributed by atoms with Crippen LogP contribution in [0.5, 0.6) is 0 Å². The summed E-state index contributed by atoms with van der Waals surface area (Å²) in [5.74, 6) is -0.450. The Morgan fingerprint density at radius 1 is 0.966 bits per heavy atom. The average Bonchev–Trinajstić information content (AvgIpc) is 2.69. The van der Waals surface area contributed by atoms with Crippen LogP contribution in [0.3, 0.4) is 0 Å². The van der Waals surface area contributed by atoms with Crippen molar-refractivity contribution < 1.29 is 36.2 Å². The molecule has 2 aliphatic rings. The van der Waals surface area contributed by atoms with Gasteiger partial charge in [-0.05, 0) is 50.5 Å². The van der Waals surface area contributed by atoms with Crippen molar-refractivity contribution in [1.82, 2.24) is 10.6 Å². The number of rotatable bonds is 10. The zero-order valence-electron chi connectivity index (χ0n) is 16.3. The topological polar surface area (TPSA) is 84.5 Å². The molecule has 29 heavy (non-hydrogen) atoms. The van der Waals surface area contributed by atoms with E-state index in [4.69, 9.17) is 4.74 Å². The van der Waals surface area contributed by atoms with Gasteiger partial charge in [-0.2, -0.15) is 0 Å². The number of allylic oxidation sites excluding steroid dienone is 10. The molecule has 7 heteroatoms. The van der Waals surface area contributed by atoms with Crippen LogP contribution in [0.25, 0.3) is 0 Å². The predicted octanol–water partition coefficient (Wildman–Crippen LogP) is 2.42. The minimum absolute atomic E-state index is 0. The summed E-state index contributed by atoms with van der Waals surface area (Å²) in [6.07, 6.45) is 18.9. The fourth-order valence-electron chi connectivity index (χ4n) is 2.66. The molecule has 0 aliphatic heterocycles. The van der Waals surface area contributed by atoms with E-state index in [1.54, 1.807) is 49.7 Å². The third-order valence-electron chi connectivity index (χ3n) is 4.17. The molecule has 0 heterocycles. The first-order chi connectivity index (χ1) is 13.6. The molecule has 6 nitrogen and oxygen atoms in total. The van der Waals surface area contributed by atoms with Crippen molar-refractivity contribution in [3.63, 3.8) is 0 Å². The van der Waals surface area contributed by atoms with E-state index in [1.807, 2.05) is 6.08 Å². The molecule has 0 amide bonds. The van der Waals surface area contributed by atoms with Gasteiger partial charge < -0.3 is 15.4 Å². The SMILES string of the molecule is CCOC(=O)C(CCCCN/C=C1/C=CC=CC1=O)N/C=C1/C=CC=CC1=O.[Cu]. The zero-order valence-corrected chi connectivity index (χ0v) is 17.3. The molecule has 2 N–H and O–H groups in total. The van der Waals surface area contributed by atoms with E-state index in [0.29, 0.717) is 30.7 Å². The number of carbonyl (C=O) groups excluding carboxylic acids is 3.